The van der Waals surface area contributed by atoms with Gasteiger partial charge in [0, 0.05) is 18.7 Å². The zero-order valence-corrected chi connectivity index (χ0v) is 17.7. The van der Waals surface area contributed by atoms with E-state index in [1.54, 1.807) is 60.7 Å². The molecule has 0 bridgehead atoms. The van der Waals surface area contributed by atoms with Crippen LogP contribution in [0.2, 0.25) is 0 Å². The van der Waals surface area contributed by atoms with Gasteiger partial charge in [0.05, 0.1) is 16.3 Å². The van der Waals surface area contributed by atoms with Crippen molar-refractivity contribution in [1.29, 1.82) is 0 Å². The first-order valence-electron chi connectivity index (χ1n) is 10.2. The lowest BCUT2D eigenvalue weighted by Crippen LogP contribution is -2.22. The Morgan fingerprint density at radius 2 is 1.65 bits per heavy atom. The summed E-state index contributed by atoms with van der Waals surface area (Å²) < 4.78 is 39.9. The van der Waals surface area contributed by atoms with Crippen LogP contribution in [0.25, 0.3) is 0 Å². The van der Waals surface area contributed by atoms with Gasteiger partial charge in [-0.1, -0.05) is 36.4 Å². The van der Waals surface area contributed by atoms with Gasteiger partial charge in [0.2, 0.25) is 0 Å². The third-order valence-electron chi connectivity index (χ3n) is 5.33. The molecule has 1 N–H and O–H groups in total. The van der Waals surface area contributed by atoms with Gasteiger partial charge >= 0.3 is 0 Å². The maximum absolute atomic E-state index is 14.5. The SMILES string of the molecule is O=C(Nc1c(F)cccc1N1CCCC1)c1cccc(CS(=O)(=O)c2ccccc2)c1. The molecule has 1 aliphatic rings. The number of hydrogen-bond donors (Lipinski definition) is 1. The Kier molecular flexibility index (Phi) is 6.04. The Bertz CT molecular complexity index is 1190. The molecule has 0 aliphatic carbocycles. The molecular weight excluding hydrogens is 415 g/mol. The van der Waals surface area contributed by atoms with E-state index in [1.165, 1.54) is 12.1 Å². The number of amides is 1. The number of carbonyl (C=O) groups excluding carboxylic acids is 1. The predicted octanol–water partition coefficient (Wildman–Crippen LogP) is 4.65. The predicted molar refractivity (Wildman–Crippen MR) is 120 cm³/mol. The highest BCUT2D eigenvalue weighted by molar-refractivity contribution is 7.90. The summed E-state index contributed by atoms with van der Waals surface area (Å²) in [5, 5.41) is 2.69. The van der Waals surface area contributed by atoms with Crippen LogP contribution in [0.5, 0.6) is 0 Å². The number of nitrogens with one attached hydrogen (secondary N) is 1. The summed E-state index contributed by atoms with van der Waals surface area (Å²) in [5.74, 6) is -1.21. The second kappa shape index (κ2) is 8.89. The zero-order valence-electron chi connectivity index (χ0n) is 16.9. The second-order valence-corrected chi connectivity index (χ2v) is 9.54. The van der Waals surface area contributed by atoms with Crippen LogP contribution in [0, 0.1) is 5.82 Å². The third-order valence-corrected chi connectivity index (χ3v) is 7.03. The minimum absolute atomic E-state index is 0.150. The average molecular weight is 439 g/mol. The summed E-state index contributed by atoms with van der Waals surface area (Å²) in [4.78, 5) is 15.2. The van der Waals surface area contributed by atoms with Crippen LogP contribution in [0.15, 0.2) is 77.7 Å². The van der Waals surface area contributed by atoms with Gasteiger partial charge in [-0.25, -0.2) is 12.8 Å². The fourth-order valence-corrected chi connectivity index (χ4v) is 5.13. The van der Waals surface area contributed by atoms with Gasteiger partial charge in [0.25, 0.3) is 5.91 Å². The van der Waals surface area contributed by atoms with Crippen molar-refractivity contribution in [2.75, 3.05) is 23.3 Å². The van der Waals surface area contributed by atoms with Gasteiger partial charge in [0.15, 0.2) is 9.84 Å². The van der Waals surface area contributed by atoms with Crippen LogP contribution in [0.1, 0.15) is 28.8 Å². The average Bonchev–Trinajstić information content (AvgIpc) is 3.30. The maximum Gasteiger partial charge on any atom is 0.255 e. The van der Waals surface area contributed by atoms with Crippen LogP contribution >= 0.6 is 0 Å². The van der Waals surface area contributed by atoms with E-state index in [1.807, 2.05) is 0 Å². The number of halogens is 1. The Labute approximate surface area is 181 Å². The maximum atomic E-state index is 14.5. The van der Waals surface area contributed by atoms with Gasteiger partial charge < -0.3 is 10.2 Å². The molecule has 1 fully saturated rings. The minimum Gasteiger partial charge on any atom is -0.370 e. The van der Waals surface area contributed by atoms with Gasteiger partial charge in [-0.05, 0) is 54.8 Å². The zero-order chi connectivity index (χ0) is 21.8. The van der Waals surface area contributed by atoms with Crippen molar-refractivity contribution in [2.45, 2.75) is 23.5 Å². The lowest BCUT2D eigenvalue weighted by Gasteiger charge is -2.22. The van der Waals surface area contributed by atoms with Gasteiger partial charge in [-0.2, -0.15) is 0 Å². The van der Waals surface area contributed by atoms with E-state index in [9.17, 15) is 17.6 Å². The first-order valence-corrected chi connectivity index (χ1v) is 11.8. The molecule has 4 rings (SSSR count). The number of hydrogen-bond acceptors (Lipinski definition) is 4. The molecule has 0 unspecified atom stereocenters. The van der Waals surface area contributed by atoms with Crippen LogP contribution < -0.4 is 10.2 Å². The largest absolute Gasteiger partial charge is 0.370 e. The standard InChI is InChI=1S/C24H23FN2O3S/c25-21-12-7-13-22(27-14-4-5-15-27)23(21)26-24(28)19-9-6-8-18(16-19)17-31(29,30)20-10-2-1-3-11-20/h1-3,6-13,16H,4-5,14-15,17H2,(H,26,28). The molecule has 160 valence electrons. The lowest BCUT2D eigenvalue weighted by atomic mass is 10.1. The van der Waals surface area contributed by atoms with Crippen molar-refractivity contribution in [3.8, 4) is 0 Å². The van der Waals surface area contributed by atoms with Crippen LogP contribution in [-0.4, -0.2) is 27.4 Å². The van der Waals surface area contributed by atoms with Crippen molar-refractivity contribution in [2.24, 2.45) is 0 Å². The van der Waals surface area contributed by atoms with Crippen molar-refractivity contribution >= 4 is 27.1 Å². The molecule has 0 saturated carbocycles. The number of rotatable bonds is 6. The van der Waals surface area contributed by atoms with Crippen LogP contribution in [0.4, 0.5) is 15.8 Å². The molecule has 0 aromatic heterocycles. The summed E-state index contributed by atoms with van der Waals surface area (Å²) in [6, 6.07) is 19.3. The molecule has 1 amide bonds. The first-order chi connectivity index (χ1) is 14.9. The van der Waals surface area contributed by atoms with Crippen LogP contribution in [-0.2, 0) is 15.6 Å². The molecular formula is C24H23FN2O3S. The molecule has 7 heteroatoms. The molecule has 0 radical (unpaired) electrons. The highest BCUT2D eigenvalue weighted by Crippen LogP contribution is 2.31. The fraction of sp³-hybridized carbons (Fsp3) is 0.208. The highest BCUT2D eigenvalue weighted by Gasteiger charge is 2.21. The molecule has 3 aromatic carbocycles. The Morgan fingerprint density at radius 3 is 2.39 bits per heavy atom. The van der Waals surface area contributed by atoms with E-state index >= 15 is 0 Å². The van der Waals surface area contributed by atoms with E-state index in [0.717, 1.165) is 25.9 Å². The minimum atomic E-state index is -3.54. The van der Waals surface area contributed by atoms with Gasteiger partial charge in [0.1, 0.15) is 11.5 Å². The van der Waals surface area contributed by atoms with E-state index < -0.39 is 21.6 Å². The Morgan fingerprint density at radius 1 is 0.935 bits per heavy atom. The topological polar surface area (TPSA) is 66.5 Å². The number of carbonyl (C=O) groups is 1. The normalized spacial score (nSPS) is 13.9. The number of sulfone groups is 1. The van der Waals surface area contributed by atoms with Crippen molar-refractivity contribution in [3.05, 3.63) is 89.7 Å². The number of benzene rings is 3. The van der Waals surface area contributed by atoms with E-state index in [4.69, 9.17) is 0 Å². The van der Waals surface area contributed by atoms with E-state index in [-0.39, 0.29) is 21.9 Å². The van der Waals surface area contributed by atoms with Crippen molar-refractivity contribution < 1.29 is 17.6 Å². The Hall–Kier alpha value is -3.19. The molecule has 31 heavy (non-hydrogen) atoms. The molecule has 3 aromatic rings. The summed E-state index contributed by atoms with van der Waals surface area (Å²) in [6.45, 7) is 1.64. The number of nitrogens with zero attached hydrogens (tertiary/aromatic N) is 1. The summed E-state index contributed by atoms with van der Waals surface area (Å²) >= 11 is 0. The highest BCUT2D eigenvalue weighted by atomic mass is 32.2. The monoisotopic (exact) mass is 438 g/mol. The summed E-state index contributed by atoms with van der Waals surface area (Å²) in [7, 11) is -3.54. The fourth-order valence-electron chi connectivity index (χ4n) is 3.78. The smallest absolute Gasteiger partial charge is 0.255 e. The molecule has 0 atom stereocenters. The summed E-state index contributed by atoms with van der Waals surface area (Å²) in [5.41, 5.74) is 1.58. The molecule has 0 spiro atoms. The Balaban J connectivity index is 1.56. The third kappa shape index (κ3) is 4.77. The molecule has 1 aliphatic heterocycles. The lowest BCUT2D eigenvalue weighted by molar-refractivity contribution is 0.102. The van der Waals surface area contributed by atoms with Gasteiger partial charge in [-0.15, -0.1) is 0 Å². The summed E-state index contributed by atoms with van der Waals surface area (Å²) in [6.07, 6.45) is 2.06. The quantitative estimate of drug-likeness (QED) is 0.608. The molecule has 1 saturated heterocycles. The van der Waals surface area contributed by atoms with E-state index in [0.29, 0.717) is 11.3 Å². The number of anilines is 2. The van der Waals surface area contributed by atoms with E-state index in [2.05, 4.69) is 10.2 Å². The van der Waals surface area contributed by atoms with Crippen LogP contribution in [0.3, 0.4) is 0 Å². The number of para-hydroxylation sites is 1. The molecule has 5 nitrogen and oxygen atoms in total. The first kappa shape index (κ1) is 21.1. The van der Waals surface area contributed by atoms with Crippen molar-refractivity contribution in [1.82, 2.24) is 0 Å². The molecule has 1 heterocycles. The van der Waals surface area contributed by atoms with Crippen molar-refractivity contribution in [3.63, 3.8) is 0 Å². The second-order valence-electron chi connectivity index (χ2n) is 7.55. The van der Waals surface area contributed by atoms with Gasteiger partial charge in [-0.3, -0.25) is 4.79 Å².